The number of carbonyl (C=O) groups is 1. The second-order valence-corrected chi connectivity index (χ2v) is 11.3. The zero-order valence-electron chi connectivity index (χ0n) is 22.7. The summed E-state index contributed by atoms with van der Waals surface area (Å²) >= 11 is 5.58. The number of aromatic nitrogens is 2. The van der Waals surface area contributed by atoms with Crippen molar-refractivity contribution >= 4 is 67.2 Å². The lowest BCUT2D eigenvalue weighted by Crippen LogP contribution is -2.23. The summed E-state index contributed by atoms with van der Waals surface area (Å²) in [5.74, 6) is 1.29. The van der Waals surface area contributed by atoms with Crippen LogP contribution in [0.3, 0.4) is 0 Å². The van der Waals surface area contributed by atoms with Crippen molar-refractivity contribution in [2.75, 3.05) is 18.5 Å². The molecular weight excluding hydrogens is 687 g/mol. The lowest BCUT2D eigenvalue weighted by atomic mass is 10.1. The number of aryl methyl sites for hydroxylation is 1. The Morgan fingerprint density at radius 3 is 2.60 bits per heavy atom. The smallest absolute Gasteiger partial charge is 0.282 e. The van der Waals surface area contributed by atoms with E-state index in [1.165, 1.54) is 4.68 Å². The number of benzene rings is 3. The number of ether oxygens (including phenoxy) is 2. The Labute approximate surface area is 255 Å². The lowest BCUT2D eigenvalue weighted by Gasteiger charge is -2.15. The van der Waals surface area contributed by atoms with Gasteiger partial charge in [-0.05, 0) is 90.9 Å². The summed E-state index contributed by atoms with van der Waals surface area (Å²) in [5.41, 5.74) is 2.92. The Hall–Kier alpha value is -3.25. The van der Waals surface area contributed by atoms with E-state index >= 15 is 0 Å². The van der Waals surface area contributed by atoms with Gasteiger partial charge in [-0.3, -0.25) is 9.59 Å². The summed E-state index contributed by atoms with van der Waals surface area (Å²) < 4.78 is 14.6. The predicted octanol–water partition coefficient (Wildman–Crippen LogP) is 6.88. The molecule has 4 aromatic rings. The molecule has 3 aromatic carbocycles. The standard InChI is InChI=1S/C30H30BrIN4O4/c1-5-19(4)29-35-25-12-9-21(31)15-23(25)30(38)36(29)33-16-20-13-24(32)28(26(14-20)39-6-2)40-17-27(37)34-22-10-7-18(3)8-11-22/h7-16,19H,5-6,17H2,1-4H3,(H,34,37)/t19-/m1/s1. The normalized spacial score (nSPS) is 12.1. The largest absolute Gasteiger partial charge is 0.490 e. The maximum atomic E-state index is 13.4. The Balaban J connectivity index is 1.62. The van der Waals surface area contributed by atoms with Crippen LogP contribution in [0, 0.1) is 10.5 Å². The van der Waals surface area contributed by atoms with Crippen LogP contribution in [0.15, 0.2) is 69.0 Å². The number of anilines is 1. The van der Waals surface area contributed by atoms with Crippen LogP contribution in [0.25, 0.3) is 10.9 Å². The fourth-order valence-electron chi connectivity index (χ4n) is 3.94. The van der Waals surface area contributed by atoms with Gasteiger partial charge in [0.05, 0.1) is 27.3 Å². The molecule has 0 bridgehead atoms. The fourth-order valence-corrected chi connectivity index (χ4v) is 5.08. The minimum atomic E-state index is -0.278. The number of nitrogens with one attached hydrogen (secondary N) is 1. The van der Waals surface area contributed by atoms with Gasteiger partial charge in [0.2, 0.25) is 0 Å². The summed E-state index contributed by atoms with van der Waals surface area (Å²) in [7, 11) is 0. The van der Waals surface area contributed by atoms with Gasteiger partial charge >= 0.3 is 0 Å². The maximum Gasteiger partial charge on any atom is 0.282 e. The molecule has 0 saturated carbocycles. The molecule has 0 radical (unpaired) electrons. The molecule has 1 N–H and O–H groups in total. The van der Waals surface area contributed by atoms with Crippen LogP contribution in [0.5, 0.6) is 11.5 Å². The van der Waals surface area contributed by atoms with Gasteiger partial charge < -0.3 is 14.8 Å². The summed E-state index contributed by atoms with van der Waals surface area (Å²) in [6.07, 6.45) is 2.41. The van der Waals surface area contributed by atoms with E-state index in [4.69, 9.17) is 14.5 Å². The molecular formula is C30H30BrIN4O4. The van der Waals surface area contributed by atoms with Crippen molar-refractivity contribution in [3.63, 3.8) is 0 Å². The highest BCUT2D eigenvalue weighted by Gasteiger charge is 2.17. The van der Waals surface area contributed by atoms with Crippen LogP contribution in [0.4, 0.5) is 5.69 Å². The Kier molecular flexibility index (Phi) is 9.96. The summed E-state index contributed by atoms with van der Waals surface area (Å²) in [6, 6.07) is 16.7. The molecule has 10 heteroatoms. The average molecular weight is 717 g/mol. The number of amides is 1. The first-order chi connectivity index (χ1) is 19.2. The maximum absolute atomic E-state index is 13.4. The molecule has 0 spiro atoms. The Bertz CT molecular complexity index is 1620. The van der Waals surface area contributed by atoms with E-state index in [2.05, 4.69) is 48.9 Å². The minimum Gasteiger partial charge on any atom is -0.490 e. The van der Waals surface area contributed by atoms with E-state index in [-0.39, 0.29) is 24.0 Å². The molecule has 208 valence electrons. The molecule has 0 saturated heterocycles. The van der Waals surface area contributed by atoms with E-state index < -0.39 is 0 Å². The van der Waals surface area contributed by atoms with Gasteiger partial charge in [-0.2, -0.15) is 9.78 Å². The number of carbonyl (C=O) groups excluding carboxylic acids is 1. The zero-order valence-corrected chi connectivity index (χ0v) is 26.4. The lowest BCUT2D eigenvalue weighted by molar-refractivity contribution is -0.118. The third kappa shape index (κ3) is 7.08. The second kappa shape index (κ2) is 13.4. The number of rotatable bonds is 10. The van der Waals surface area contributed by atoms with Crippen LogP contribution in [-0.2, 0) is 4.79 Å². The number of hydrogen-bond acceptors (Lipinski definition) is 6. The number of nitrogens with zero attached hydrogens (tertiary/aromatic N) is 3. The van der Waals surface area contributed by atoms with Crippen LogP contribution < -0.4 is 20.3 Å². The predicted molar refractivity (Wildman–Crippen MR) is 171 cm³/mol. The molecule has 0 unspecified atom stereocenters. The Morgan fingerprint density at radius 2 is 1.90 bits per heavy atom. The number of hydrogen-bond donors (Lipinski definition) is 1. The zero-order chi connectivity index (χ0) is 28.8. The highest BCUT2D eigenvalue weighted by atomic mass is 127. The van der Waals surface area contributed by atoms with Crippen molar-refractivity contribution in [3.8, 4) is 11.5 Å². The van der Waals surface area contributed by atoms with E-state index in [0.29, 0.717) is 46.1 Å². The molecule has 40 heavy (non-hydrogen) atoms. The van der Waals surface area contributed by atoms with Crippen LogP contribution in [0.2, 0.25) is 0 Å². The van der Waals surface area contributed by atoms with Gasteiger partial charge in [-0.15, -0.1) is 0 Å². The van der Waals surface area contributed by atoms with Gasteiger partial charge in [0, 0.05) is 16.1 Å². The van der Waals surface area contributed by atoms with Crippen molar-refractivity contribution < 1.29 is 14.3 Å². The minimum absolute atomic E-state index is 0.0267. The van der Waals surface area contributed by atoms with Gasteiger partial charge in [-0.25, -0.2) is 4.98 Å². The van der Waals surface area contributed by atoms with Gasteiger partial charge in [0.25, 0.3) is 11.5 Å². The van der Waals surface area contributed by atoms with Crippen molar-refractivity contribution in [1.29, 1.82) is 0 Å². The third-order valence-electron chi connectivity index (χ3n) is 6.22. The molecule has 8 nitrogen and oxygen atoms in total. The quantitative estimate of drug-likeness (QED) is 0.143. The first-order valence-corrected chi connectivity index (χ1v) is 14.8. The molecule has 0 fully saturated rings. The average Bonchev–Trinajstić information content (AvgIpc) is 2.93. The molecule has 1 aromatic heterocycles. The number of halogens is 2. The second-order valence-electron chi connectivity index (χ2n) is 9.27. The van der Waals surface area contributed by atoms with Gasteiger partial charge in [0.1, 0.15) is 5.82 Å². The first kappa shape index (κ1) is 29.7. The van der Waals surface area contributed by atoms with Crippen molar-refractivity contribution in [2.24, 2.45) is 5.10 Å². The topological polar surface area (TPSA) is 94.8 Å². The van der Waals surface area contributed by atoms with Crippen LogP contribution in [-0.4, -0.2) is 35.0 Å². The molecule has 0 aliphatic carbocycles. The van der Waals surface area contributed by atoms with Gasteiger partial charge in [0.15, 0.2) is 18.1 Å². The van der Waals surface area contributed by atoms with E-state index in [1.54, 1.807) is 18.3 Å². The molecule has 4 rings (SSSR count). The molecule has 0 aliphatic heterocycles. The molecule has 1 amide bonds. The van der Waals surface area contributed by atoms with Crippen molar-refractivity contribution in [2.45, 2.75) is 40.0 Å². The monoisotopic (exact) mass is 716 g/mol. The first-order valence-electron chi connectivity index (χ1n) is 12.9. The number of fused-ring (bicyclic) bond motifs is 1. The van der Waals surface area contributed by atoms with Gasteiger partial charge in [-0.1, -0.05) is 47.5 Å². The Morgan fingerprint density at radius 1 is 1.15 bits per heavy atom. The summed E-state index contributed by atoms with van der Waals surface area (Å²) in [4.78, 5) is 30.7. The van der Waals surface area contributed by atoms with Crippen LogP contribution >= 0.6 is 38.5 Å². The highest BCUT2D eigenvalue weighted by Crippen LogP contribution is 2.34. The third-order valence-corrected chi connectivity index (χ3v) is 7.52. The van der Waals surface area contributed by atoms with Crippen molar-refractivity contribution in [3.05, 3.63) is 89.9 Å². The molecule has 1 heterocycles. The van der Waals surface area contributed by atoms with Crippen LogP contribution in [0.1, 0.15) is 50.1 Å². The van der Waals surface area contributed by atoms with Crippen molar-refractivity contribution in [1.82, 2.24) is 9.66 Å². The van der Waals surface area contributed by atoms with E-state index in [0.717, 1.165) is 20.0 Å². The molecule has 1 atom stereocenters. The highest BCUT2D eigenvalue weighted by molar-refractivity contribution is 14.1. The molecule has 0 aliphatic rings. The fraction of sp³-hybridized carbons (Fsp3) is 0.267. The SMILES string of the molecule is CCOc1cc(C=Nn2c([C@H](C)CC)nc3ccc(Br)cc3c2=O)cc(I)c1OCC(=O)Nc1ccc(C)cc1. The summed E-state index contributed by atoms with van der Waals surface area (Å²) in [5, 5.41) is 7.87. The summed E-state index contributed by atoms with van der Waals surface area (Å²) in [6.45, 7) is 8.16. The van der Waals surface area contributed by atoms with E-state index in [1.807, 2.05) is 70.2 Å². The van der Waals surface area contributed by atoms with E-state index in [9.17, 15) is 9.59 Å².